The van der Waals surface area contributed by atoms with Gasteiger partial charge in [0.1, 0.15) is 0 Å². The van der Waals surface area contributed by atoms with E-state index < -0.39 is 33.9 Å². The summed E-state index contributed by atoms with van der Waals surface area (Å²) in [7, 11) is -4.25. The number of aliphatic hydroxyl groups is 1. The normalized spacial score (nSPS) is 14.9. The van der Waals surface area contributed by atoms with Crippen LogP contribution in [0.15, 0.2) is 47.4 Å². The van der Waals surface area contributed by atoms with E-state index in [0.29, 0.717) is 11.1 Å². The van der Waals surface area contributed by atoms with Gasteiger partial charge in [-0.1, -0.05) is 48.0 Å². The summed E-state index contributed by atoms with van der Waals surface area (Å²) in [5, 5.41) is 10.3. The first-order valence-corrected chi connectivity index (χ1v) is 9.29. The third-order valence-corrected chi connectivity index (χ3v) is 5.82. The number of sulfonamides is 1. The van der Waals surface area contributed by atoms with Gasteiger partial charge < -0.3 is 5.11 Å². The lowest BCUT2D eigenvalue weighted by molar-refractivity contribution is -0.263. The zero-order valence-corrected chi connectivity index (χ0v) is 15.4. The highest BCUT2D eigenvalue weighted by atomic mass is 32.2. The van der Waals surface area contributed by atoms with E-state index in [1.54, 1.807) is 32.9 Å². The summed E-state index contributed by atoms with van der Waals surface area (Å²) >= 11 is 0. The van der Waals surface area contributed by atoms with Gasteiger partial charge in [0.25, 0.3) is 0 Å². The Kier molecular flexibility index (Phi) is 5.51. The van der Waals surface area contributed by atoms with Crippen LogP contribution in [-0.2, 0) is 15.6 Å². The molecule has 0 amide bonds. The third-order valence-electron chi connectivity index (χ3n) is 4.11. The number of hydrogen-bond acceptors (Lipinski definition) is 3. The Morgan fingerprint density at radius 2 is 1.50 bits per heavy atom. The molecule has 142 valence electrons. The summed E-state index contributed by atoms with van der Waals surface area (Å²) in [6.07, 6.45) is -5.06. The molecule has 0 aliphatic carbocycles. The maximum atomic E-state index is 13.5. The minimum Gasteiger partial charge on any atom is -0.375 e. The smallest absolute Gasteiger partial charge is 0.375 e. The van der Waals surface area contributed by atoms with Gasteiger partial charge in [0.2, 0.25) is 10.0 Å². The van der Waals surface area contributed by atoms with E-state index in [4.69, 9.17) is 0 Å². The Hall–Kier alpha value is -1.90. The van der Waals surface area contributed by atoms with Gasteiger partial charge in [0, 0.05) is 0 Å². The van der Waals surface area contributed by atoms with Crippen molar-refractivity contribution in [2.24, 2.45) is 0 Å². The van der Waals surface area contributed by atoms with Crippen molar-refractivity contribution in [2.45, 2.75) is 37.4 Å². The molecule has 0 aromatic heterocycles. The number of halogens is 3. The second-order valence-corrected chi connectivity index (χ2v) is 7.98. The number of rotatable bonds is 5. The Morgan fingerprint density at radius 3 is 1.96 bits per heavy atom. The largest absolute Gasteiger partial charge is 0.422 e. The second kappa shape index (κ2) is 7.02. The number of aryl methyl sites for hydroxylation is 3. The number of alkyl halides is 3. The van der Waals surface area contributed by atoms with E-state index in [1.165, 1.54) is 18.2 Å². The first-order chi connectivity index (χ1) is 11.9. The zero-order chi connectivity index (χ0) is 19.8. The predicted molar refractivity (Wildman–Crippen MR) is 92.2 cm³/mol. The number of hydrogen-bond donors (Lipinski definition) is 2. The summed E-state index contributed by atoms with van der Waals surface area (Å²) in [6.45, 7) is 3.71. The van der Waals surface area contributed by atoms with Gasteiger partial charge in [-0.3, -0.25) is 0 Å². The molecular formula is C18H20F3NO3S. The average molecular weight is 387 g/mol. The van der Waals surface area contributed by atoms with Gasteiger partial charge in [-0.15, -0.1) is 0 Å². The Balaban J connectivity index is 2.41. The lowest BCUT2D eigenvalue weighted by atomic mass is 9.93. The van der Waals surface area contributed by atoms with Gasteiger partial charge in [-0.05, 0) is 37.5 Å². The van der Waals surface area contributed by atoms with Crippen LogP contribution in [0.3, 0.4) is 0 Å². The molecule has 1 atom stereocenters. The van der Waals surface area contributed by atoms with Crippen molar-refractivity contribution in [1.82, 2.24) is 4.72 Å². The molecule has 8 heteroatoms. The summed E-state index contributed by atoms with van der Waals surface area (Å²) < 4.78 is 67.6. The van der Waals surface area contributed by atoms with Crippen molar-refractivity contribution in [3.63, 3.8) is 0 Å². The number of nitrogens with one attached hydrogen (secondary N) is 1. The first-order valence-electron chi connectivity index (χ1n) is 7.80. The molecule has 0 heterocycles. The van der Waals surface area contributed by atoms with Gasteiger partial charge in [-0.25, -0.2) is 13.1 Å². The molecule has 0 fully saturated rings. The van der Waals surface area contributed by atoms with E-state index in [9.17, 15) is 26.7 Å². The second-order valence-electron chi connectivity index (χ2n) is 6.28. The van der Waals surface area contributed by atoms with Gasteiger partial charge in [0.05, 0.1) is 11.4 Å². The van der Waals surface area contributed by atoms with E-state index >= 15 is 0 Å². The van der Waals surface area contributed by atoms with Crippen molar-refractivity contribution in [2.75, 3.05) is 6.54 Å². The van der Waals surface area contributed by atoms with Crippen molar-refractivity contribution >= 4 is 10.0 Å². The van der Waals surface area contributed by atoms with Crippen molar-refractivity contribution in [3.05, 3.63) is 64.7 Å². The summed E-state index contributed by atoms with van der Waals surface area (Å²) in [6, 6.07) is 9.66. The highest BCUT2D eigenvalue weighted by molar-refractivity contribution is 7.89. The van der Waals surface area contributed by atoms with E-state index in [-0.39, 0.29) is 4.90 Å². The third kappa shape index (κ3) is 3.92. The molecule has 1 unspecified atom stereocenters. The minimum atomic E-state index is -5.06. The minimum absolute atomic E-state index is 0.0827. The number of benzene rings is 2. The molecule has 0 bridgehead atoms. The lowest BCUT2D eigenvalue weighted by Gasteiger charge is -2.31. The molecule has 0 spiro atoms. The molecular weight excluding hydrogens is 367 g/mol. The maximum absolute atomic E-state index is 13.5. The van der Waals surface area contributed by atoms with Gasteiger partial charge in [0.15, 0.2) is 5.60 Å². The SMILES string of the molecule is Cc1cc(C)c(S(=O)(=O)NCC(O)(c2ccccc2)C(F)(F)F)c(C)c1. The molecule has 0 aliphatic rings. The molecule has 0 saturated carbocycles. The lowest BCUT2D eigenvalue weighted by Crippen LogP contribution is -2.51. The molecule has 2 N–H and O–H groups in total. The van der Waals surface area contributed by atoms with Gasteiger partial charge in [-0.2, -0.15) is 13.2 Å². The van der Waals surface area contributed by atoms with Crippen LogP contribution in [0.2, 0.25) is 0 Å². The molecule has 4 nitrogen and oxygen atoms in total. The molecule has 2 rings (SSSR count). The average Bonchev–Trinajstić information content (AvgIpc) is 2.51. The Bertz CT molecular complexity index is 873. The van der Waals surface area contributed by atoms with Crippen molar-refractivity contribution < 1.29 is 26.7 Å². The topological polar surface area (TPSA) is 66.4 Å². The van der Waals surface area contributed by atoms with Crippen LogP contribution in [-0.4, -0.2) is 26.2 Å². The highest BCUT2D eigenvalue weighted by Gasteiger charge is 2.55. The van der Waals surface area contributed by atoms with Crippen LogP contribution in [0.4, 0.5) is 13.2 Å². The molecule has 2 aromatic rings. The van der Waals surface area contributed by atoms with Crippen LogP contribution >= 0.6 is 0 Å². The Morgan fingerprint density at radius 1 is 1.00 bits per heavy atom. The molecule has 26 heavy (non-hydrogen) atoms. The summed E-state index contributed by atoms with van der Waals surface area (Å²) in [5.41, 5.74) is -2.09. The van der Waals surface area contributed by atoms with Gasteiger partial charge >= 0.3 is 6.18 Å². The van der Waals surface area contributed by atoms with Crippen LogP contribution in [0.25, 0.3) is 0 Å². The fourth-order valence-electron chi connectivity index (χ4n) is 2.94. The highest BCUT2D eigenvalue weighted by Crippen LogP contribution is 2.38. The van der Waals surface area contributed by atoms with E-state index in [2.05, 4.69) is 0 Å². The molecule has 2 aromatic carbocycles. The van der Waals surface area contributed by atoms with Crippen molar-refractivity contribution in [3.8, 4) is 0 Å². The van der Waals surface area contributed by atoms with Crippen LogP contribution in [0.5, 0.6) is 0 Å². The summed E-state index contributed by atoms with van der Waals surface area (Å²) in [5.74, 6) is 0. The predicted octanol–water partition coefficient (Wildman–Crippen LogP) is 3.34. The fraction of sp³-hybridized carbons (Fsp3) is 0.333. The standard InChI is InChI=1S/C18H20F3NO3S/c1-12-9-13(2)16(14(3)10-12)26(24,25)22-11-17(23,18(19,20)21)15-7-5-4-6-8-15/h4-10,22-23H,11H2,1-3H3. The van der Waals surface area contributed by atoms with Crippen LogP contribution in [0, 0.1) is 20.8 Å². The van der Waals surface area contributed by atoms with Crippen LogP contribution in [0.1, 0.15) is 22.3 Å². The zero-order valence-electron chi connectivity index (χ0n) is 14.6. The van der Waals surface area contributed by atoms with E-state index in [0.717, 1.165) is 17.7 Å². The molecule has 0 saturated heterocycles. The van der Waals surface area contributed by atoms with E-state index in [1.807, 2.05) is 4.72 Å². The summed E-state index contributed by atoms with van der Waals surface area (Å²) in [4.78, 5) is -0.0827. The monoisotopic (exact) mass is 387 g/mol. The first kappa shape index (κ1) is 20.4. The fourth-order valence-corrected chi connectivity index (χ4v) is 4.45. The van der Waals surface area contributed by atoms with Crippen molar-refractivity contribution in [1.29, 1.82) is 0 Å². The maximum Gasteiger partial charge on any atom is 0.422 e. The molecule has 0 aliphatic heterocycles. The quantitative estimate of drug-likeness (QED) is 0.827. The Labute approximate surface area is 150 Å². The molecule has 0 radical (unpaired) electrons. The van der Waals surface area contributed by atoms with Crippen LogP contribution < -0.4 is 4.72 Å².